The van der Waals surface area contributed by atoms with Gasteiger partial charge in [-0.1, -0.05) is 18.2 Å². The van der Waals surface area contributed by atoms with Gasteiger partial charge in [-0.25, -0.2) is 12.7 Å². The first-order chi connectivity index (χ1) is 8.67. The van der Waals surface area contributed by atoms with E-state index in [1.165, 1.54) is 11.3 Å². The highest BCUT2D eigenvalue weighted by atomic mass is 32.2. The van der Waals surface area contributed by atoms with Gasteiger partial charge in [-0.2, -0.15) is 0 Å². The first kappa shape index (κ1) is 12.0. The number of nitrogens with one attached hydrogen (secondary N) is 1. The monoisotopic (exact) mass is 266 g/mol. The van der Waals surface area contributed by atoms with Crippen LogP contribution in [-0.4, -0.2) is 38.1 Å². The number of nitrogens with zero attached hydrogens (tertiary/aromatic N) is 1. The van der Waals surface area contributed by atoms with E-state index in [0.29, 0.717) is 24.8 Å². The van der Waals surface area contributed by atoms with Crippen LogP contribution in [0.25, 0.3) is 0 Å². The van der Waals surface area contributed by atoms with Crippen LogP contribution in [-0.2, 0) is 10.0 Å². The summed E-state index contributed by atoms with van der Waals surface area (Å²) in [6, 6.07) is 8.30. The van der Waals surface area contributed by atoms with Crippen molar-refractivity contribution in [2.75, 3.05) is 30.7 Å². The van der Waals surface area contributed by atoms with Crippen molar-refractivity contribution in [1.82, 2.24) is 4.31 Å². The van der Waals surface area contributed by atoms with Crippen molar-refractivity contribution in [1.29, 1.82) is 0 Å². The van der Waals surface area contributed by atoms with Crippen LogP contribution in [0.1, 0.15) is 24.3 Å². The third-order valence-electron chi connectivity index (χ3n) is 3.87. The van der Waals surface area contributed by atoms with Crippen LogP contribution in [0.3, 0.4) is 0 Å². The molecule has 2 aliphatic rings. The summed E-state index contributed by atoms with van der Waals surface area (Å²) in [7, 11) is -2.94. The molecular formula is C13H18N2O2S. The quantitative estimate of drug-likeness (QED) is 0.904. The molecule has 2 aliphatic heterocycles. The lowest BCUT2D eigenvalue weighted by Crippen LogP contribution is -2.28. The fraction of sp³-hybridized carbons (Fsp3) is 0.538. The average Bonchev–Trinajstić information content (AvgIpc) is 2.90. The van der Waals surface area contributed by atoms with Crippen LogP contribution in [0.15, 0.2) is 24.3 Å². The van der Waals surface area contributed by atoms with E-state index in [0.717, 1.165) is 19.4 Å². The normalized spacial score (nSPS) is 25.9. The number of fused-ring (bicyclic) bond motifs is 1. The SMILES string of the molecule is O=S1(=O)CCCN1CCC1CNc2ccccc21. The highest BCUT2D eigenvalue weighted by Gasteiger charge is 2.29. The summed E-state index contributed by atoms with van der Waals surface area (Å²) in [6.07, 6.45) is 1.69. The van der Waals surface area contributed by atoms with E-state index in [-0.39, 0.29) is 0 Å². The van der Waals surface area contributed by atoms with Crippen LogP contribution in [0.5, 0.6) is 0 Å². The number of hydrogen-bond acceptors (Lipinski definition) is 3. The second kappa shape index (κ2) is 4.55. The molecule has 0 aromatic heterocycles. The first-order valence-corrected chi connectivity index (χ1v) is 8.08. The van der Waals surface area contributed by atoms with Crippen molar-refractivity contribution in [3.05, 3.63) is 29.8 Å². The second-order valence-corrected chi connectivity index (χ2v) is 7.11. The molecule has 18 heavy (non-hydrogen) atoms. The minimum atomic E-state index is -2.94. The van der Waals surface area contributed by atoms with Crippen LogP contribution >= 0.6 is 0 Å². The zero-order valence-corrected chi connectivity index (χ0v) is 11.1. The number of para-hydroxylation sites is 1. The van der Waals surface area contributed by atoms with E-state index >= 15 is 0 Å². The van der Waals surface area contributed by atoms with Gasteiger partial charge in [-0.3, -0.25) is 0 Å². The molecule has 0 aliphatic carbocycles. The molecule has 4 nitrogen and oxygen atoms in total. The van der Waals surface area contributed by atoms with Crippen LogP contribution in [0.4, 0.5) is 5.69 Å². The summed E-state index contributed by atoms with van der Waals surface area (Å²) in [4.78, 5) is 0. The van der Waals surface area contributed by atoms with E-state index in [9.17, 15) is 8.42 Å². The van der Waals surface area contributed by atoms with Gasteiger partial charge in [-0.15, -0.1) is 0 Å². The molecule has 1 fully saturated rings. The predicted octanol–water partition coefficient (Wildman–Crippen LogP) is 1.62. The summed E-state index contributed by atoms with van der Waals surface area (Å²) in [5.41, 5.74) is 2.53. The number of sulfonamides is 1. The Morgan fingerprint density at radius 1 is 1.33 bits per heavy atom. The summed E-state index contributed by atoms with van der Waals surface area (Å²) in [6.45, 7) is 2.28. The molecule has 3 rings (SSSR count). The fourth-order valence-corrected chi connectivity index (χ4v) is 4.40. The van der Waals surface area contributed by atoms with Gasteiger partial charge in [0.15, 0.2) is 0 Å². The Hall–Kier alpha value is -1.07. The predicted molar refractivity (Wildman–Crippen MR) is 72.3 cm³/mol. The number of rotatable bonds is 3. The van der Waals surface area contributed by atoms with Gasteiger partial charge in [0, 0.05) is 31.2 Å². The molecule has 1 aromatic rings. The molecule has 0 radical (unpaired) electrons. The Labute approximate surface area is 108 Å². The lowest BCUT2D eigenvalue weighted by molar-refractivity contribution is 0.422. The highest BCUT2D eigenvalue weighted by Crippen LogP contribution is 2.33. The molecule has 1 unspecified atom stereocenters. The van der Waals surface area contributed by atoms with Crippen molar-refractivity contribution in [3.8, 4) is 0 Å². The van der Waals surface area contributed by atoms with E-state index in [1.54, 1.807) is 4.31 Å². The Kier molecular flexibility index (Phi) is 3.03. The molecular weight excluding hydrogens is 248 g/mol. The van der Waals surface area contributed by atoms with E-state index < -0.39 is 10.0 Å². The van der Waals surface area contributed by atoms with Gasteiger partial charge >= 0.3 is 0 Å². The maximum atomic E-state index is 11.7. The largest absolute Gasteiger partial charge is 0.384 e. The summed E-state index contributed by atoms with van der Waals surface area (Å²) in [5.74, 6) is 0.768. The number of anilines is 1. The van der Waals surface area contributed by atoms with Crippen LogP contribution < -0.4 is 5.32 Å². The van der Waals surface area contributed by atoms with Crippen molar-refractivity contribution in [3.63, 3.8) is 0 Å². The molecule has 1 atom stereocenters. The van der Waals surface area contributed by atoms with Gasteiger partial charge < -0.3 is 5.32 Å². The molecule has 1 saturated heterocycles. The van der Waals surface area contributed by atoms with Crippen molar-refractivity contribution < 1.29 is 8.42 Å². The van der Waals surface area contributed by atoms with Crippen molar-refractivity contribution >= 4 is 15.7 Å². The van der Waals surface area contributed by atoms with E-state index in [2.05, 4.69) is 17.4 Å². The average molecular weight is 266 g/mol. The third-order valence-corrected chi connectivity index (χ3v) is 5.83. The molecule has 1 aromatic carbocycles. The number of benzene rings is 1. The minimum absolute atomic E-state index is 0.326. The third kappa shape index (κ3) is 2.12. The molecule has 0 bridgehead atoms. The maximum Gasteiger partial charge on any atom is 0.214 e. The van der Waals surface area contributed by atoms with Gasteiger partial charge in [0.1, 0.15) is 0 Å². The van der Waals surface area contributed by atoms with Crippen LogP contribution in [0.2, 0.25) is 0 Å². The lowest BCUT2D eigenvalue weighted by Gasteiger charge is -2.17. The minimum Gasteiger partial charge on any atom is -0.384 e. The molecule has 2 heterocycles. The fourth-order valence-electron chi connectivity index (χ4n) is 2.86. The van der Waals surface area contributed by atoms with Gasteiger partial charge in [0.05, 0.1) is 5.75 Å². The van der Waals surface area contributed by atoms with Crippen LogP contribution in [0, 0.1) is 0 Å². The molecule has 1 N–H and O–H groups in total. The zero-order valence-electron chi connectivity index (χ0n) is 10.3. The smallest absolute Gasteiger partial charge is 0.214 e. The molecule has 0 amide bonds. The maximum absolute atomic E-state index is 11.7. The highest BCUT2D eigenvalue weighted by molar-refractivity contribution is 7.89. The Bertz CT molecular complexity index is 542. The molecule has 5 heteroatoms. The Balaban J connectivity index is 1.66. The summed E-state index contributed by atoms with van der Waals surface area (Å²) < 4.78 is 25.1. The summed E-state index contributed by atoms with van der Waals surface area (Å²) >= 11 is 0. The first-order valence-electron chi connectivity index (χ1n) is 6.47. The zero-order chi connectivity index (χ0) is 12.6. The van der Waals surface area contributed by atoms with E-state index in [4.69, 9.17) is 0 Å². The molecule has 0 saturated carbocycles. The van der Waals surface area contributed by atoms with Crippen molar-refractivity contribution in [2.24, 2.45) is 0 Å². The van der Waals surface area contributed by atoms with Gasteiger partial charge in [0.2, 0.25) is 10.0 Å². The standard InChI is InChI=1S/C13H18N2O2S/c16-18(17)9-3-7-15(18)8-6-11-10-14-13-5-2-1-4-12(11)13/h1-2,4-5,11,14H,3,6-10H2. The molecule has 0 spiro atoms. The summed E-state index contributed by atoms with van der Waals surface area (Å²) in [5, 5.41) is 3.38. The van der Waals surface area contributed by atoms with Gasteiger partial charge in [0.25, 0.3) is 0 Å². The van der Waals surface area contributed by atoms with Crippen molar-refractivity contribution in [2.45, 2.75) is 18.8 Å². The lowest BCUT2D eigenvalue weighted by atomic mass is 9.98. The Morgan fingerprint density at radius 2 is 2.17 bits per heavy atom. The molecule has 98 valence electrons. The Morgan fingerprint density at radius 3 is 2.94 bits per heavy atom. The van der Waals surface area contributed by atoms with Gasteiger partial charge in [-0.05, 0) is 24.5 Å². The number of hydrogen-bond donors (Lipinski definition) is 1. The topological polar surface area (TPSA) is 49.4 Å². The van der Waals surface area contributed by atoms with E-state index in [1.807, 2.05) is 12.1 Å². The second-order valence-electron chi connectivity index (χ2n) is 5.02.